The summed E-state index contributed by atoms with van der Waals surface area (Å²) in [5.74, 6) is -3.96. The number of ether oxygens (including phenoxy) is 7. The molecule has 588 valence electrons. The molecule has 12 rings (SSSR count). The van der Waals surface area contributed by atoms with Crippen LogP contribution in [0.1, 0.15) is 123 Å². The highest BCUT2D eigenvalue weighted by Gasteiger charge is 2.51. The van der Waals surface area contributed by atoms with Gasteiger partial charge in [-0.05, 0) is 129 Å². The Kier molecular flexibility index (Phi) is 27.2. The first kappa shape index (κ1) is 81.5. The van der Waals surface area contributed by atoms with Crippen LogP contribution in [0.25, 0.3) is 32.2 Å². The highest BCUT2D eigenvalue weighted by molar-refractivity contribution is 5.96. The minimum atomic E-state index is -1.58. The molecule has 0 aliphatic carbocycles. The summed E-state index contributed by atoms with van der Waals surface area (Å²) in [6, 6.07) is 76.1. The van der Waals surface area contributed by atoms with Gasteiger partial charge in [0, 0.05) is 40.2 Å². The quantitative estimate of drug-likeness (QED) is 0.00842. The number of amides is 4. The van der Waals surface area contributed by atoms with Gasteiger partial charge in [0.1, 0.15) is 71.4 Å². The molecule has 22 heteroatoms. The number of fused-ring (bicyclic) bond motifs is 2. The van der Waals surface area contributed by atoms with E-state index in [0.29, 0.717) is 38.6 Å². The van der Waals surface area contributed by atoms with Gasteiger partial charge in [-0.3, -0.25) is 23.7 Å². The van der Waals surface area contributed by atoms with Crippen molar-refractivity contribution in [1.29, 1.82) is 0 Å². The summed E-state index contributed by atoms with van der Waals surface area (Å²) >= 11 is 0. The van der Waals surface area contributed by atoms with E-state index in [9.17, 15) is 15.1 Å². The third-order valence-electron chi connectivity index (χ3n) is 19.7. The molecule has 0 bridgehead atoms. The molecular formula is C92H97N9O13. The number of hydrogen-bond donors (Lipinski definition) is 5. The molecule has 1 fully saturated rings. The smallest absolute Gasteiger partial charge is 0.419 e. The van der Waals surface area contributed by atoms with Crippen LogP contribution in [-0.2, 0) is 102 Å². The van der Waals surface area contributed by atoms with E-state index in [1.807, 2.05) is 237 Å². The second kappa shape index (κ2) is 38.0. The molecule has 1 saturated heterocycles. The van der Waals surface area contributed by atoms with Crippen LogP contribution in [0, 0.1) is 0 Å². The van der Waals surface area contributed by atoms with E-state index < -0.39 is 107 Å². The van der Waals surface area contributed by atoms with E-state index >= 15 is 19.2 Å². The van der Waals surface area contributed by atoms with Crippen LogP contribution in [0.15, 0.2) is 272 Å². The molecule has 1 aliphatic heterocycles. The van der Waals surface area contributed by atoms with Crippen molar-refractivity contribution in [2.45, 2.75) is 172 Å². The Hall–Kier alpha value is -12.0. The normalized spacial score (nSPS) is 16.8. The maximum Gasteiger partial charge on any atom is 0.419 e. The van der Waals surface area contributed by atoms with Crippen LogP contribution >= 0.6 is 0 Å². The predicted octanol–water partition coefficient (Wildman–Crippen LogP) is 15.5. The van der Waals surface area contributed by atoms with Crippen LogP contribution in [0.2, 0.25) is 0 Å². The summed E-state index contributed by atoms with van der Waals surface area (Å²) in [7, 11) is 0. The number of carbonyl (C=O) groups excluding carboxylic acids is 6. The highest BCUT2D eigenvalue weighted by Crippen LogP contribution is 2.43. The molecule has 0 saturated carbocycles. The van der Waals surface area contributed by atoms with Gasteiger partial charge in [0.25, 0.3) is 0 Å². The first-order chi connectivity index (χ1) is 55.1. The fourth-order valence-electron chi connectivity index (χ4n) is 14.3. The van der Waals surface area contributed by atoms with E-state index in [1.54, 1.807) is 72.0 Å². The van der Waals surface area contributed by atoms with E-state index in [-0.39, 0.29) is 58.7 Å². The van der Waals surface area contributed by atoms with Gasteiger partial charge in [0.2, 0.25) is 23.6 Å². The van der Waals surface area contributed by atoms with Crippen molar-refractivity contribution < 1.29 is 61.9 Å². The van der Waals surface area contributed by atoms with E-state index in [4.69, 9.17) is 33.2 Å². The van der Waals surface area contributed by atoms with Crippen molar-refractivity contribution >= 4 is 57.5 Å². The molecule has 2 aromatic heterocycles. The summed E-state index contributed by atoms with van der Waals surface area (Å²) in [4.78, 5) is 96.4. The topological polar surface area (TPSA) is 285 Å². The van der Waals surface area contributed by atoms with Gasteiger partial charge in [-0.2, -0.15) is 0 Å². The first-order valence-electron chi connectivity index (χ1n) is 38.4. The maximum absolute atomic E-state index is 15.5. The average molecular weight is 1540 g/mol. The minimum absolute atomic E-state index is 0.0434. The number of nitrogens with one attached hydrogen (secondary N) is 5. The number of para-hydroxylation sites is 2. The number of hydrogen-bond acceptors (Lipinski definition) is 14. The summed E-state index contributed by atoms with van der Waals surface area (Å²) in [6.07, 6.45) is -4.71. The van der Waals surface area contributed by atoms with Crippen molar-refractivity contribution in [1.82, 2.24) is 30.8 Å². The number of rotatable bonds is 33. The molecule has 1 aliphatic rings. The summed E-state index contributed by atoms with van der Waals surface area (Å²) in [5.41, 5.74) is 15.8. The second-order valence-corrected chi connectivity index (χ2v) is 30.4. The molecule has 114 heavy (non-hydrogen) atoms. The zero-order valence-electron chi connectivity index (χ0n) is 65.1. The molecule has 0 spiro atoms. The van der Waals surface area contributed by atoms with E-state index in [0.717, 1.165) is 38.9 Å². The molecular weight excluding hydrogens is 1440 g/mol. The summed E-state index contributed by atoms with van der Waals surface area (Å²) < 4.78 is 48.4. The highest BCUT2D eigenvalue weighted by atomic mass is 16.6. The Morgan fingerprint density at radius 2 is 0.982 bits per heavy atom. The lowest BCUT2D eigenvalue weighted by Gasteiger charge is -2.46. The van der Waals surface area contributed by atoms with Crippen LogP contribution in [0.4, 0.5) is 4.79 Å². The van der Waals surface area contributed by atoms with Crippen LogP contribution < -0.4 is 21.3 Å². The summed E-state index contributed by atoms with van der Waals surface area (Å²) in [6.45, 7) is 12.5. The second-order valence-electron chi connectivity index (χ2n) is 30.4. The number of carbonyl (C=O) groups is 6. The van der Waals surface area contributed by atoms with Crippen LogP contribution in [0.3, 0.4) is 0 Å². The lowest BCUT2D eigenvalue weighted by molar-refractivity contribution is -0.275. The van der Waals surface area contributed by atoms with Gasteiger partial charge in [-0.15, -0.1) is 0 Å². The lowest BCUT2D eigenvalue weighted by Crippen LogP contribution is -2.58. The number of aromatic amines is 1. The van der Waals surface area contributed by atoms with E-state index in [1.165, 1.54) is 11.5 Å². The molecule has 0 radical (unpaired) electrons. The fourth-order valence-corrected chi connectivity index (χ4v) is 14.3. The Morgan fingerprint density at radius 3 is 1.51 bits per heavy atom. The van der Waals surface area contributed by atoms with Crippen molar-refractivity contribution in [3.05, 3.63) is 333 Å². The molecule has 22 nitrogen and oxygen atoms in total. The Morgan fingerprint density at radius 1 is 0.518 bits per heavy atom. The lowest BCUT2D eigenvalue weighted by atomic mass is 9.77. The Labute approximate surface area is 663 Å². The Balaban J connectivity index is 0.867. The summed E-state index contributed by atoms with van der Waals surface area (Å²) in [5, 5.41) is 17.2. The molecule has 9 aromatic carbocycles. The molecule has 5 N–H and O–H groups in total. The largest absolute Gasteiger partial charge is 0.458 e. The van der Waals surface area contributed by atoms with E-state index in [2.05, 4.69) is 36.3 Å². The zero-order chi connectivity index (χ0) is 80.2. The number of azide groups is 1. The minimum Gasteiger partial charge on any atom is -0.458 e. The Bertz CT molecular complexity index is 4980. The molecule has 11 aromatic rings. The number of esters is 1. The van der Waals surface area contributed by atoms with Gasteiger partial charge in [0.05, 0.1) is 44.2 Å². The monoisotopic (exact) mass is 1540 g/mol. The number of H-pyrrole nitrogens is 1. The average Bonchev–Trinajstić information content (AvgIpc) is 1.13. The predicted molar refractivity (Wildman–Crippen MR) is 435 cm³/mol. The van der Waals surface area contributed by atoms with Gasteiger partial charge < -0.3 is 59.4 Å². The standard InChI is InChI=1S/C92H97N9O13/c1-61(85(103)96-74(51-52-79(102)98-92(67-41-23-12-24-42-67,68-43-25-13-26-44-68)69-45-27-14-28-46-69)86(104)97-76(88(106)113-90(2,3)4)53-66-55-101(89(107)114-91(5,6)7)77-50-32-30-47-70(66)77)94-87(105)75(99-100-93)54-72-71-48-29-31-49-73(71)95-80(72)82-84(111-59-65-39-21-11-22-40-65)83(110-58-64-37-19-10-20-38-64)81(109-57-63-35-17-9-18-36-63)78(112-82)60-108-56-62-33-15-8-16-34-62/h8-50,55,61,74-76,78,81-84,95H,51-54,56-60H2,1-7H3,(H,94,105)(H,96,103)(H,97,104)(H,98,102)/t61-,74-,75-,76-,78-,81-,82+,83+,84-/m0/s1. The zero-order valence-corrected chi connectivity index (χ0v) is 65.1. The molecule has 3 heterocycles. The van der Waals surface area contributed by atoms with Crippen molar-refractivity contribution in [2.75, 3.05) is 6.61 Å². The molecule has 4 amide bonds. The third-order valence-corrected chi connectivity index (χ3v) is 19.7. The number of nitrogens with zero attached hydrogens (tertiary/aromatic N) is 4. The van der Waals surface area contributed by atoms with Crippen molar-refractivity contribution in [3.63, 3.8) is 0 Å². The van der Waals surface area contributed by atoms with Gasteiger partial charge in [-0.25, -0.2) is 9.59 Å². The van der Waals surface area contributed by atoms with Crippen molar-refractivity contribution in [2.24, 2.45) is 5.11 Å². The fraction of sp³-hybridized carbons (Fsp3) is 0.304. The van der Waals surface area contributed by atoms with Crippen LogP contribution in [0.5, 0.6) is 0 Å². The molecule has 0 unspecified atom stereocenters. The van der Waals surface area contributed by atoms with Gasteiger partial charge in [0.15, 0.2) is 0 Å². The maximum atomic E-state index is 15.5. The van der Waals surface area contributed by atoms with Crippen LogP contribution in [-0.4, -0.2) is 112 Å². The third kappa shape index (κ3) is 21.0. The first-order valence-corrected chi connectivity index (χ1v) is 38.4. The number of aromatic nitrogens is 2. The SMILES string of the molecule is C[C@H](NC(=O)[C@H](Cc1c([C@H]2O[C@@H](COCc3ccccc3)[C@H](OCc3ccccc3)[C@@H](OCc3ccccc3)[C@H]2OCc2ccccc2)[nH]c2ccccc12)N=[N+]=[N-])C(=O)N[C@@H](CCC(=O)NC(c1ccccc1)(c1ccccc1)c1ccccc1)C(=O)N[C@@H](Cc1cn(C(=O)OC(C)(C)C)c2ccccc12)C(=O)OC(C)(C)C. The van der Waals surface area contributed by atoms with Crippen molar-refractivity contribution in [3.8, 4) is 0 Å². The van der Waals surface area contributed by atoms with Gasteiger partial charge >= 0.3 is 12.1 Å². The molecule has 9 atom stereocenters. The number of benzene rings is 9. The van der Waals surface area contributed by atoms with Gasteiger partial charge in [-0.1, -0.05) is 254 Å².